The van der Waals surface area contributed by atoms with E-state index in [9.17, 15) is 4.79 Å². The van der Waals surface area contributed by atoms with Crippen LogP contribution in [0.2, 0.25) is 0 Å². The van der Waals surface area contributed by atoms with Crippen LogP contribution in [0.3, 0.4) is 0 Å². The van der Waals surface area contributed by atoms with Gasteiger partial charge >= 0.3 is 0 Å². The maximum absolute atomic E-state index is 12.9. The van der Waals surface area contributed by atoms with E-state index in [4.69, 9.17) is 0 Å². The van der Waals surface area contributed by atoms with Crippen LogP contribution in [-0.2, 0) is 10.2 Å². The Balaban J connectivity index is 2.61. The van der Waals surface area contributed by atoms with Gasteiger partial charge in [0.05, 0.1) is 5.41 Å². The summed E-state index contributed by atoms with van der Waals surface area (Å²) >= 11 is 0. The van der Waals surface area contributed by atoms with Gasteiger partial charge in [-0.1, -0.05) is 74.5 Å². The molecule has 0 aliphatic heterocycles. The number of hydrogen-bond acceptors (Lipinski definition) is 1. The molecule has 0 spiro atoms. The lowest BCUT2D eigenvalue weighted by Crippen LogP contribution is -2.36. The first kappa shape index (κ1) is 14.5. The van der Waals surface area contributed by atoms with E-state index in [-0.39, 0.29) is 0 Å². The second kappa shape index (κ2) is 6.51. The van der Waals surface area contributed by atoms with Crippen molar-refractivity contribution >= 4 is 5.78 Å². The van der Waals surface area contributed by atoms with Crippen LogP contribution in [0.4, 0.5) is 0 Å². The molecule has 2 rings (SSSR count). The maximum atomic E-state index is 12.9. The van der Waals surface area contributed by atoms with Crippen molar-refractivity contribution in [3.8, 4) is 0 Å². The van der Waals surface area contributed by atoms with E-state index >= 15 is 0 Å². The number of hydrogen-bond donors (Lipinski definition) is 0. The zero-order valence-corrected chi connectivity index (χ0v) is 12.3. The van der Waals surface area contributed by atoms with Crippen molar-refractivity contribution in [2.24, 2.45) is 0 Å². The Morgan fingerprint density at radius 2 is 1.30 bits per heavy atom. The first-order valence-electron chi connectivity index (χ1n) is 7.40. The summed E-state index contributed by atoms with van der Waals surface area (Å²) in [6.07, 6.45) is 2.30. The predicted molar refractivity (Wildman–Crippen MR) is 83.9 cm³/mol. The van der Waals surface area contributed by atoms with Gasteiger partial charge in [0.1, 0.15) is 5.78 Å². The van der Waals surface area contributed by atoms with Crippen LogP contribution in [0.25, 0.3) is 0 Å². The van der Waals surface area contributed by atoms with E-state index in [1.165, 1.54) is 0 Å². The molecule has 2 aromatic carbocycles. The molecule has 2 aromatic rings. The number of benzene rings is 2. The quantitative estimate of drug-likeness (QED) is 0.737. The molecule has 0 saturated carbocycles. The minimum atomic E-state index is -0.501. The van der Waals surface area contributed by atoms with Crippen molar-refractivity contribution in [1.82, 2.24) is 0 Å². The topological polar surface area (TPSA) is 17.1 Å². The average Bonchev–Trinajstić information content (AvgIpc) is 2.51. The Kier molecular flexibility index (Phi) is 4.73. The zero-order chi connectivity index (χ0) is 14.4. The van der Waals surface area contributed by atoms with Crippen molar-refractivity contribution in [1.29, 1.82) is 0 Å². The van der Waals surface area contributed by atoms with E-state index in [1.807, 2.05) is 36.4 Å². The fraction of sp³-hybridized carbons (Fsp3) is 0.316. The van der Waals surface area contributed by atoms with Crippen molar-refractivity contribution in [3.63, 3.8) is 0 Å². The molecule has 0 bridgehead atoms. The van der Waals surface area contributed by atoms with Crippen LogP contribution in [0, 0.1) is 0 Å². The Morgan fingerprint density at radius 3 is 1.65 bits per heavy atom. The number of carbonyl (C=O) groups is 1. The molecule has 0 aliphatic rings. The Morgan fingerprint density at radius 1 is 0.850 bits per heavy atom. The lowest BCUT2D eigenvalue weighted by molar-refractivity contribution is -0.123. The standard InChI is InChI=1S/C19H22O/c1-3-11-18(20)19(4-2,16-12-7-5-8-13-16)17-14-9-6-10-15-17/h5-10,12-15H,3-4,11H2,1-2H3. The van der Waals surface area contributed by atoms with E-state index in [1.54, 1.807) is 0 Å². The second-order valence-corrected chi connectivity index (χ2v) is 5.16. The van der Waals surface area contributed by atoms with Crippen LogP contribution in [-0.4, -0.2) is 5.78 Å². The normalized spacial score (nSPS) is 11.3. The summed E-state index contributed by atoms with van der Waals surface area (Å²) in [7, 11) is 0. The molecule has 0 unspecified atom stereocenters. The van der Waals surface area contributed by atoms with Crippen LogP contribution in [0.5, 0.6) is 0 Å². The van der Waals surface area contributed by atoms with Gasteiger partial charge in [0.2, 0.25) is 0 Å². The largest absolute Gasteiger partial charge is 0.298 e. The third kappa shape index (κ3) is 2.53. The third-order valence-electron chi connectivity index (χ3n) is 4.02. The molecule has 0 amide bonds. The predicted octanol–water partition coefficient (Wildman–Crippen LogP) is 4.75. The minimum absolute atomic E-state index is 0.319. The number of rotatable bonds is 6. The van der Waals surface area contributed by atoms with Crippen LogP contribution >= 0.6 is 0 Å². The lowest BCUT2D eigenvalue weighted by atomic mass is 9.68. The Labute approximate surface area is 121 Å². The van der Waals surface area contributed by atoms with E-state index in [0.717, 1.165) is 24.0 Å². The SMILES string of the molecule is CCCC(=O)C(CC)(c1ccccc1)c1ccccc1. The fourth-order valence-corrected chi connectivity index (χ4v) is 2.98. The smallest absolute Gasteiger partial charge is 0.147 e. The van der Waals surface area contributed by atoms with Crippen molar-refractivity contribution < 1.29 is 4.79 Å². The highest BCUT2D eigenvalue weighted by molar-refractivity contribution is 5.93. The molecule has 0 saturated heterocycles. The summed E-state index contributed by atoms with van der Waals surface area (Å²) in [5, 5.41) is 0. The molecule has 0 aliphatic carbocycles. The molecular formula is C19H22O. The van der Waals surface area contributed by atoms with E-state index < -0.39 is 5.41 Å². The highest BCUT2D eigenvalue weighted by atomic mass is 16.1. The maximum Gasteiger partial charge on any atom is 0.147 e. The van der Waals surface area contributed by atoms with Gasteiger partial charge in [-0.2, -0.15) is 0 Å². The van der Waals surface area contributed by atoms with Crippen molar-refractivity contribution in [2.45, 2.75) is 38.5 Å². The molecule has 104 valence electrons. The summed E-state index contributed by atoms with van der Waals surface area (Å²) in [4.78, 5) is 12.9. The Hall–Kier alpha value is -1.89. The molecule has 1 nitrogen and oxygen atoms in total. The van der Waals surface area contributed by atoms with Gasteiger partial charge in [-0.25, -0.2) is 0 Å². The highest BCUT2D eigenvalue weighted by Gasteiger charge is 2.38. The number of ketones is 1. The summed E-state index contributed by atoms with van der Waals surface area (Å²) in [6, 6.07) is 20.4. The van der Waals surface area contributed by atoms with Crippen molar-refractivity contribution in [3.05, 3.63) is 71.8 Å². The highest BCUT2D eigenvalue weighted by Crippen LogP contribution is 2.37. The lowest BCUT2D eigenvalue weighted by Gasteiger charge is -2.32. The average molecular weight is 266 g/mol. The minimum Gasteiger partial charge on any atom is -0.298 e. The van der Waals surface area contributed by atoms with Gasteiger partial charge in [-0.3, -0.25) is 4.79 Å². The summed E-state index contributed by atoms with van der Waals surface area (Å²) in [5.41, 5.74) is 1.71. The monoisotopic (exact) mass is 266 g/mol. The summed E-state index contributed by atoms with van der Waals surface area (Å²) in [6.45, 7) is 4.17. The third-order valence-corrected chi connectivity index (χ3v) is 4.02. The first-order valence-corrected chi connectivity index (χ1v) is 7.40. The van der Waals surface area contributed by atoms with E-state index in [0.29, 0.717) is 12.2 Å². The van der Waals surface area contributed by atoms with Crippen LogP contribution in [0.15, 0.2) is 60.7 Å². The molecule has 0 aromatic heterocycles. The van der Waals surface area contributed by atoms with Gasteiger partial charge < -0.3 is 0 Å². The molecule has 0 heterocycles. The zero-order valence-electron chi connectivity index (χ0n) is 12.3. The number of carbonyl (C=O) groups excluding carboxylic acids is 1. The van der Waals surface area contributed by atoms with Gasteiger partial charge in [-0.15, -0.1) is 0 Å². The molecule has 20 heavy (non-hydrogen) atoms. The van der Waals surface area contributed by atoms with E-state index in [2.05, 4.69) is 38.1 Å². The Bertz CT molecular complexity index is 503. The molecular weight excluding hydrogens is 244 g/mol. The molecule has 0 atom stereocenters. The second-order valence-electron chi connectivity index (χ2n) is 5.16. The molecule has 0 N–H and O–H groups in total. The van der Waals surface area contributed by atoms with Gasteiger partial charge in [0.15, 0.2) is 0 Å². The fourth-order valence-electron chi connectivity index (χ4n) is 2.98. The summed E-state index contributed by atoms with van der Waals surface area (Å²) < 4.78 is 0. The number of Topliss-reactive ketones (excluding diaryl/α,β-unsaturated/α-hetero) is 1. The van der Waals surface area contributed by atoms with Crippen LogP contribution in [0.1, 0.15) is 44.2 Å². The molecule has 0 fully saturated rings. The van der Waals surface area contributed by atoms with Crippen molar-refractivity contribution in [2.75, 3.05) is 0 Å². The van der Waals surface area contributed by atoms with Gasteiger partial charge in [-0.05, 0) is 24.0 Å². The van der Waals surface area contributed by atoms with Gasteiger partial charge in [0, 0.05) is 6.42 Å². The summed E-state index contributed by atoms with van der Waals surface area (Å²) in [5.74, 6) is 0.319. The van der Waals surface area contributed by atoms with Gasteiger partial charge in [0.25, 0.3) is 0 Å². The molecule has 0 radical (unpaired) electrons. The van der Waals surface area contributed by atoms with Crippen LogP contribution < -0.4 is 0 Å². The molecule has 1 heteroatoms. The first-order chi connectivity index (χ1) is 9.75.